The molecule has 0 amide bonds. The Balaban J connectivity index is 1.88. The minimum absolute atomic E-state index is 0.546. The molecule has 4 rings (SSSR count). The Hall–Kier alpha value is -3.40. The SMILES string of the molecule is COc1ccccc1Nc1nc(-c2ccccc2)c2cc(C)ccc2n1. The fourth-order valence-electron chi connectivity index (χ4n) is 2.98. The monoisotopic (exact) mass is 341 g/mol. The van der Waals surface area contributed by atoms with Gasteiger partial charge in [0.15, 0.2) is 0 Å². The lowest BCUT2D eigenvalue weighted by molar-refractivity contribution is 0.417. The molecular formula is C22H19N3O. The lowest BCUT2D eigenvalue weighted by Gasteiger charge is -2.13. The van der Waals surface area contributed by atoms with Crippen molar-refractivity contribution in [3.63, 3.8) is 0 Å². The number of hydrogen-bond acceptors (Lipinski definition) is 4. The molecule has 1 aromatic heterocycles. The van der Waals surface area contributed by atoms with Crippen molar-refractivity contribution < 1.29 is 4.74 Å². The van der Waals surface area contributed by atoms with Crippen LogP contribution in [-0.2, 0) is 0 Å². The van der Waals surface area contributed by atoms with Crippen LogP contribution in [0.25, 0.3) is 22.2 Å². The normalized spacial score (nSPS) is 10.7. The number of fused-ring (bicyclic) bond motifs is 1. The predicted molar refractivity (Wildman–Crippen MR) is 106 cm³/mol. The number of aryl methyl sites for hydroxylation is 1. The van der Waals surface area contributed by atoms with E-state index in [1.807, 2.05) is 48.5 Å². The van der Waals surface area contributed by atoms with Crippen molar-refractivity contribution in [2.45, 2.75) is 6.92 Å². The molecule has 0 aliphatic rings. The van der Waals surface area contributed by atoms with Gasteiger partial charge in [0.05, 0.1) is 24.0 Å². The van der Waals surface area contributed by atoms with E-state index in [0.29, 0.717) is 5.95 Å². The number of ether oxygens (including phenoxy) is 1. The van der Waals surface area contributed by atoms with E-state index in [-0.39, 0.29) is 0 Å². The van der Waals surface area contributed by atoms with Crippen LogP contribution in [0.2, 0.25) is 0 Å². The van der Waals surface area contributed by atoms with Gasteiger partial charge in [-0.05, 0) is 31.2 Å². The first-order chi connectivity index (χ1) is 12.7. The number of anilines is 2. The molecule has 128 valence electrons. The Morgan fingerprint density at radius 1 is 0.846 bits per heavy atom. The zero-order chi connectivity index (χ0) is 17.9. The van der Waals surface area contributed by atoms with E-state index in [1.165, 1.54) is 5.56 Å². The van der Waals surface area contributed by atoms with Crippen LogP contribution in [0.4, 0.5) is 11.6 Å². The maximum Gasteiger partial charge on any atom is 0.228 e. The molecule has 3 aromatic carbocycles. The molecule has 0 saturated carbocycles. The number of benzene rings is 3. The fourth-order valence-corrected chi connectivity index (χ4v) is 2.98. The molecule has 4 nitrogen and oxygen atoms in total. The van der Waals surface area contributed by atoms with Crippen molar-refractivity contribution in [2.24, 2.45) is 0 Å². The molecule has 0 spiro atoms. The molecule has 0 aliphatic carbocycles. The van der Waals surface area contributed by atoms with E-state index in [2.05, 4.69) is 36.5 Å². The number of hydrogen-bond donors (Lipinski definition) is 1. The lowest BCUT2D eigenvalue weighted by Crippen LogP contribution is -2.01. The zero-order valence-corrected chi connectivity index (χ0v) is 14.7. The van der Waals surface area contributed by atoms with Crippen LogP contribution in [0.5, 0.6) is 5.75 Å². The van der Waals surface area contributed by atoms with Gasteiger partial charge in [-0.1, -0.05) is 54.1 Å². The Bertz CT molecular complexity index is 1060. The Kier molecular flexibility index (Phi) is 4.23. The molecule has 0 radical (unpaired) electrons. The van der Waals surface area contributed by atoms with Crippen LogP contribution < -0.4 is 10.1 Å². The van der Waals surface area contributed by atoms with Gasteiger partial charge in [0, 0.05) is 10.9 Å². The van der Waals surface area contributed by atoms with Crippen LogP contribution in [0, 0.1) is 6.92 Å². The average molecular weight is 341 g/mol. The van der Waals surface area contributed by atoms with E-state index in [0.717, 1.165) is 33.6 Å². The summed E-state index contributed by atoms with van der Waals surface area (Å²) in [4.78, 5) is 9.50. The van der Waals surface area contributed by atoms with Crippen molar-refractivity contribution >= 4 is 22.5 Å². The number of methoxy groups -OCH3 is 1. The minimum Gasteiger partial charge on any atom is -0.495 e. The highest BCUT2D eigenvalue weighted by Gasteiger charge is 2.11. The highest BCUT2D eigenvalue weighted by atomic mass is 16.5. The van der Waals surface area contributed by atoms with Gasteiger partial charge < -0.3 is 10.1 Å². The molecule has 0 aliphatic heterocycles. The van der Waals surface area contributed by atoms with Crippen LogP contribution in [0.3, 0.4) is 0 Å². The maximum absolute atomic E-state index is 5.42. The summed E-state index contributed by atoms with van der Waals surface area (Å²) >= 11 is 0. The number of nitrogens with one attached hydrogen (secondary N) is 1. The fraction of sp³-hybridized carbons (Fsp3) is 0.0909. The summed E-state index contributed by atoms with van der Waals surface area (Å²) in [5.74, 6) is 1.30. The number of nitrogens with zero attached hydrogens (tertiary/aromatic N) is 2. The highest BCUT2D eigenvalue weighted by Crippen LogP contribution is 2.31. The molecule has 4 heteroatoms. The van der Waals surface area contributed by atoms with Crippen LogP contribution in [-0.4, -0.2) is 17.1 Å². The van der Waals surface area contributed by atoms with Crippen molar-refractivity contribution in [3.8, 4) is 17.0 Å². The first-order valence-electron chi connectivity index (χ1n) is 8.48. The summed E-state index contributed by atoms with van der Waals surface area (Å²) in [5.41, 5.74) is 4.90. The second-order valence-electron chi connectivity index (χ2n) is 6.11. The molecule has 0 atom stereocenters. The van der Waals surface area contributed by atoms with Gasteiger partial charge in [-0.15, -0.1) is 0 Å². The lowest BCUT2D eigenvalue weighted by atomic mass is 10.0. The van der Waals surface area contributed by atoms with Gasteiger partial charge in [-0.3, -0.25) is 0 Å². The maximum atomic E-state index is 5.42. The van der Waals surface area contributed by atoms with Crippen molar-refractivity contribution in [1.82, 2.24) is 9.97 Å². The van der Waals surface area contributed by atoms with E-state index in [1.54, 1.807) is 7.11 Å². The van der Waals surface area contributed by atoms with E-state index >= 15 is 0 Å². The molecule has 1 N–H and O–H groups in total. The number of aromatic nitrogens is 2. The second kappa shape index (κ2) is 6.84. The topological polar surface area (TPSA) is 47.0 Å². The third kappa shape index (κ3) is 3.09. The smallest absolute Gasteiger partial charge is 0.228 e. The van der Waals surface area contributed by atoms with Gasteiger partial charge in [0.2, 0.25) is 5.95 Å². The Morgan fingerprint density at radius 3 is 2.42 bits per heavy atom. The highest BCUT2D eigenvalue weighted by molar-refractivity contribution is 5.93. The molecule has 0 fully saturated rings. The van der Waals surface area contributed by atoms with Crippen LogP contribution in [0.15, 0.2) is 72.8 Å². The first-order valence-corrected chi connectivity index (χ1v) is 8.48. The third-order valence-corrected chi connectivity index (χ3v) is 4.25. The summed E-state index contributed by atoms with van der Waals surface area (Å²) in [7, 11) is 1.65. The van der Waals surface area contributed by atoms with E-state index in [9.17, 15) is 0 Å². The summed E-state index contributed by atoms with van der Waals surface area (Å²) in [6.45, 7) is 2.08. The summed E-state index contributed by atoms with van der Waals surface area (Å²) in [5, 5.41) is 4.34. The van der Waals surface area contributed by atoms with Gasteiger partial charge in [-0.25, -0.2) is 9.97 Å². The molecule has 0 unspecified atom stereocenters. The van der Waals surface area contributed by atoms with E-state index in [4.69, 9.17) is 14.7 Å². The van der Waals surface area contributed by atoms with Crippen LogP contribution >= 0.6 is 0 Å². The quantitative estimate of drug-likeness (QED) is 0.543. The summed E-state index contributed by atoms with van der Waals surface area (Å²) in [6, 6.07) is 24.2. The number of rotatable bonds is 4. The molecule has 1 heterocycles. The second-order valence-corrected chi connectivity index (χ2v) is 6.11. The first kappa shape index (κ1) is 16.1. The standard InChI is InChI=1S/C22H19N3O/c1-15-12-13-18-17(14-15)21(16-8-4-3-5-9-16)25-22(23-18)24-19-10-6-7-11-20(19)26-2/h3-14H,1-2H3,(H,23,24,25). The molecule has 26 heavy (non-hydrogen) atoms. The van der Waals surface area contributed by atoms with Gasteiger partial charge in [0.25, 0.3) is 0 Å². The molecule has 0 bridgehead atoms. The zero-order valence-electron chi connectivity index (χ0n) is 14.7. The summed E-state index contributed by atoms with van der Waals surface area (Å²) < 4.78 is 5.42. The third-order valence-electron chi connectivity index (χ3n) is 4.25. The minimum atomic E-state index is 0.546. The van der Waals surface area contributed by atoms with E-state index < -0.39 is 0 Å². The van der Waals surface area contributed by atoms with Gasteiger partial charge in [0.1, 0.15) is 5.75 Å². The Labute approximate surface area is 152 Å². The average Bonchev–Trinajstić information content (AvgIpc) is 2.69. The largest absolute Gasteiger partial charge is 0.495 e. The van der Waals surface area contributed by atoms with Gasteiger partial charge in [-0.2, -0.15) is 0 Å². The molecule has 4 aromatic rings. The Morgan fingerprint density at radius 2 is 1.62 bits per heavy atom. The van der Waals surface area contributed by atoms with Crippen molar-refractivity contribution in [1.29, 1.82) is 0 Å². The predicted octanol–water partition coefficient (Wildman–Crippen LogP) is 5.36. The van der Waals surface area contributed by atoms with Crippen LogP contribution in [0.1, 0.15) is 5.56 Å². The number of para-hydroxylation sites is 2. The van der Waals surface area contributed by atoms with Crippen molar-refractivity contribution in [3.05, 3.63) is 78.4 Å². The molecule has 0 saturated heterocycles. The van der Waals surface area contributed by atoms with Gasteiger partial charge >= 0.3 is 0 Å². The molecular weight excluding hydrogens is 322 g/mol. The summed E-state index contributed by atoms with van der Waals surface area (Å²) in [6.07, 6.45) is 0. The van der Waals surface area contributed by atoms with Crippen molar-refractivity contribution in [2.75, 3.05) is 12.4 Å².